The maximum absolute atomic E-state index is 14.3. The van der Waals surface area contributed by atoms with Crippen molar-refractivity contribution in [2.24, 2.45) is 0 Å². The van der Waals surface area contributed by atoms with Gasteiger partial charge in [-0.05, 0) is 36.2 Å². The predicted octanol–water partition coefficient (Wildman–Crippen LogP) is 4.07. The van der Waals surface area contributed by atoms with Crippen LogP contribution < -0.4 is 4.90 Å². The third-order valence-electron chi connectivity index (χ3n) is 7.37. The molecule has 0 radical (unpaired) electrons. The molecule has 0 bridgehead atoms. The fourth-order valence-corrected chi connectivity index (χ4v) is 7.44. The lowest BCUT2D eigenvalue weighted by Crippen LogP contribution is -2.46. The second-order valence-corrected chi connectivity index (χ2v) is 12.9. The number of hydrogen-bond acceptors (Lipinski definition) is 7. The molecule has 4 aromatic rings. The number of carbonyl (C=O) groups excluding carboxylic acids is 1. The number of halogens is 2. The van der Waals surface area contributed by atoms with Gasteiger partial charge < -0.3 is 0 Å². The van der Waals surface area contributed by atoms with Crippen LogP contribution in [0.25, 0.3) is 11.1 Å². The van der Waals surface area contributed by atoms with E-state index in [1.807, 2.05) is 24.3 Å². The molecule has 0 N–H and O–H groups in total. The van der Waals surface area contributed by atoms with Crippen molar-refractivity contribution in [2.45, 2.75) is 23.9 Å². The Hall–Kier alpha value is -3.71. The summed E-state index contributed by atoms with van der Waals surface area (Å²) in [6.45, 7) is 1.88. The SMILES string of the molecule is C[C@@]1(Cc2ccc(-c3cncnc3)cc2)C(=O)N(c2cc(Cl)cc(Cl)c2)c2ncc(S(=O)(=O)N3CC[N+](=O)CC3)n21. The second-order valence-electron chi connectivity index (χ2n) is 10.1. The van der Waals surface area contributed by atoms with Gasteiger partial charge in [-0.3, -0.25) is 9.36 Å². The number of nitroso groups, excluding NO2 is 1. The molecule has 4 heterocycles. The first-order valence-electron chi connectivity index (χ1n) is 12.7. The molecular formula is C27H24Cl2N7O4S+. The molecule has 1 amide bonds. The summed E-state index contributed by atoms with van der Waals surface area (Å²) in [7, 11) is -4.10. The van der Waals surface area contributed by atoms with E-state index in [4.69, 9.17) is 23.2 Å². The number of nitrogens with zero attached hydrogens (tertiary/aromatic N) is 7. The Labute approximate surface area is 246 Å². The number of amides is 1. The van der Waals surface area contributed by atoms with E-state index in [0.29, 0.717) is 15.7 Å². The normalized spacial score (nSPS) is 19.5. The minimum absolute atomic E-state index is 0.0370. The maximum Gasteiger partial charge on any atom is 0.260 e. The minimum Gasteiger partial charge on any atom is -0.284 e. The predicted molar refractivity (Wildman–Crippen MR) is 153 cm³/mol. The number of aromatic nitrogens is 4. The molecule has 14 heteroatoms. The number of imidazole rings is 1. The Bertz CT molecular complexity index is 1750. The van der Waals surface area contributed by atoms with Crippen LogP contribution in [-0.2, 0) is 26.8 Å². The van der Waals surface area contributed by atoms with Gasteiger partial charge in [0.05, 0.1) is 25.0 Å². The molecule has 2 aromatic carbocycles. The largest absolute Gasteiger partial charge is 0.284 e. The van der Waals surface area contributed by atoms with Gasteiger partial charge in [0.2, 0.25) is 19.0 Å². The summed E-state index contributed by atoms with van der Waals surface area (Å²) in [5.41, 5.74) is 1.54. The van der Waals surface area contributed by atoms with Gasteiger partial charge in [-0.1, -0.05) is 47.5 Å². The Morgan fingerprint density at radius 2 is 1.59 bits per heavy atom. The van der Waals surface area contributed by atoms with Crippen LogP contribution in [0.2, 0.25) is 10.0 Å². The molecule has 0 saturated carbocycles. The average molecular weight is 614 g/mol. The number of anilines is 2. The summed E-state index contributed by atoms with van der Waals surface area (Å²) in [4.78, 5) is 39.9. The lowest BCUT2D eigenvalue weighted by Gasteiger charge is -2.28. The van der Waals surface area contributed by atoms with E-state index in [1.165, 1.54) is 26.3 Å². The first kappa shape index (κ1) is 27.5. The average Bonchev–Trinajstić information content (AvgIpc) is 3.48. The van der Waals surface area contributed by atoms with Crippen LogP contribution in [0.3, 0.4) is 0 Å². The monoisotopic (exact) mass is 612 g/mol. The van der Waals surface area contributed by atoms with Gasteiger partial charge in [-0.25, -0.2) is 28.3 Å². The van der Waals surface area contributed by atoms with Crippen LogP contribution in [0.5, 0.6) is 0 Å². The molecular weight excluding hydrogens is 589 g/mol. The Morgan fingerprint density at radius 3 is 2.22 bits per heavy atom. The van der Waals surface area contributed by atoms with Crippen molar-refractivity contribution in [3.8, 4) is 11.1 Å². The number of sulfonamides is 1. The number of fused-ring (bicyclic) bond motifs is 1. The number of hydrogen-bond donors (Lipinski definition) is 0. The van der Waals surface area contributed by atoms with Crippen LogP contribution in [0.4, 0.5) is 11.6 Å². The Morgan fingerprint density at radius 1 is 0.951 bits per heavy atom. The molecule has 2 aliphatic heterocycles. The quantitative estimate of drug-likeness (QED) is 0.301. The number of carbonyl (C=O) groups is 1. The summed E-state index contributed by atoms with van der Waals surface area (Å²) < 4.78 is 31.3. The van der Waals surface area contributed by atoms with Crippen molar-refractivity contribution in [3.05, 3.63) is 87.9 Å². The Balaban J connectivity index is 1.45. The molecule has 1 fully saturated rings. The standard InChI is InChI=1S/C27H24Cl2N7O4S/c1-27(13-18-2-4-19(5-3-18)20-14-30-17-31-15-20)25(37)35(23-11-21(28)10-22(29)12-23)26-32-16-24(36(26)27)41(39,40)34-8-6-33(38)7-9-34/h2-5,10-12,14-17H,6-9,13H2,1H3/q+1/t27-/m1/s1. The van der Waals surface area contributed by atoms with Gasteiger partial charge in [0.1, 0.15) is 11.9 Å². The fraction of sp³-hybridized carbons (Fsp3) is 0.259. The minimum atomic E-state index is -4.10. The van der Waals surface area contributed by atoms with E-state index >= 15 is 0 Å². The zero-order valence-electron chi connectivity index (χ0n) is 21.8. The molecule has 11 nitrogen and oxygen atoms in total. The van der Waals surface area contributed by atoms with E-state index in [0.717, 1.165) is 21.5 Å². The summed E-state index contributed by atoms with van der Waals surface area (Å²) in [6, 6.07) is 12.3. The smallest absolute Gasteiger partial charge is 0.260 e. The summed E-state index contributed by atoms with van der Waals surface area (Å²) in [5.74, 6) is -0.254. The van der Waals surface area contributed by atoms with E-state index < -0.39 is 15.6 Å². The molecule has 6 rings (SSSR count). The highest BCUT2D eigenvalue weighted by molar-refractivity contribution is 7.89. The summed E-state index contributed by atoms with van der Waals surface area (Å²) >= 11 is 12.5. The molecule has 0 aliphatic carbocycles. The maximum atomic E-state index is 14.3. The van der Waals surface area contributed by atoms with Crippen LogP contribution in [0.15, 0.2) is 72.4 Å². The fourth-order valence-electron chi connectivity index (χ4n) is 5.32. The van der Waals surface area contributed by atoms with Gasteiger partial charge >= 0.3 is 0 Å². The third kappa shape index (κ3) is 4.80. The lowest BCUT2D eigenvalue weighted by atomic mass is 9.91. The number of piperazine rings is 1. The zero-order chi connectivity index (χ0) is 28.9. The van der Waals surface area contributed by atoms with E-state index in [9.17, 15) is 18.1 Å². The first-order valence-corrected chi connectivity index (χ1v) is 14.9. The van der Waals surface area contributed by atoms with Crippen molar-refractivity contribution in [3.63, 3.8) is 0 Å². The van der Waals surface area contributed by atoms with Gasteiger partial charge in [0.25, 0.3) is 15.9 Å². The highest BCUT2D eigenvalue weighted by Gasteiger charge is 2.52. The van der Waals surface area contributed by atoms with Crippen LogP contribution >= 0.6 is 23.2 Å². The lowest BCUT2D eigenvalue weighted by molar-refractivity contribution is -0.557. The Kier molecular flexibility index (Phi) is 6.89. The van der Waals surface area contributed by atoms with Crippen LogP contribution in [0, 0.1) is 4.91 Å². The highest BCUT2D eigenvalue weighted by Crippen LogP contribution is 2.45. The second kappa shape index (κ2) is 10.3. The van der Waals surface area contributed by atoms with E-state index in [1.54, 1.807) is 37.5 Å². The van der Waals surface area contributed by atoms with Crippen molar-refractivity contribution in [2.75, 3.05) is 31.1 Å². The summed E-state index contributed by atoms with van der Waals surface area (Å²) in [5, 5.41) is 0.503. The number of benzene rings is 2. The van der Waals surface area contributed by atoms with Gasteiger partial charge in [-0.2, -0.15) is 4.31 Å². The highest BCUT2D eigenvalue weighted by atomic mass is 35.5. The van der Waals surface area contributed by atoms with Gasteiger partial charge in [-0.15, -0.1) is 0 Å². The van der Waals surface area contributed by atoms with Crippen molar-refractivity contribution in [1.82, 2.24) is 23.8 Å². The molecule has 41 heavy (non-hydrogen) atoms. The topological polar surface area (TPSA) is 121 Å². The van der Waals surface area contributed by atoms with E-state index in [-0.39, 0.29) is 49.5 Å². The summed E-state index contributed by atoms with van der Waals surface area (Å²) in [6.07, 6.45) is 6.30. The molecule has 2 aromatic heterocycles. The molecule has 0 spiro atoms. The van der Waals surface area contributed by atoms with Gasteiger partial charge in [0.15, 0.2) is 5.03 Å². The molecule has 0 unspecified atom stereocenters. The van der Waals surface area contributed by atoms with Crippen molar-refractivity contribution >= 4 is 50.8 Å². The van der Waals surface area contributed by atoms with Gasteiger partial charge in [0, 0.05) is 44.1 Å². The third-order valence-corrected chi connectivity index (χ3v) is 9.67. The molecule has 210 valence electrons. The zero-order valence-corrected chi connectivity index (χ0v) is 24.1. The van der Waals surface area contributed by atoms with Crippen LogP contribution in [-0.4, -0.2) is 69.1 Å². The number of rotatable bonds is 6. The van der Waals surface area contributed by atoms with Crippen molar-refractivity contribution < 1.29 is 18.0 Å². The van der Waals surface area contributed by atoms with E-state index in [2.05, 4.69) is 15.0 Å². The molecule has 1 saturated heterocycles. The molecule has 1 atom stereocenters. The van der Waals surface area contributed by atoms with Crippen LogP contribution in [0.1, 0.15) is 12.5 Å². The van der Waals surface area contributed by atoms with Crippen molar-refractivity contribution in [1.29, 1.82) is 0 Å². The first-order chi connectivity index (χ1) is 19.6. The molecule has 2 aliphatic rings.